The maximum absolute atomic E-state index is 9.53. The van der Waals surface area contributed by atoms with Gasteiger partial charge in [0.05, 0.1) is 17.2 Å². The van der Waals surface area contributed by atoms with Gasteiger partial charge in [-0.3, -0.25) is 0 Å². The molecule has 0 aliphatic carbocycles. The van der Waals surface area contributed by atoms with Gasteiger partial charge in [-0.05, 0) is 38.8 Å². The standard InChI is InChI=1S/C15H27N3OS/c1-5-11(2)14-13(10-19)20-15(16-14)18(4)9-12-7-6-8-17(12)3/h11-12,19H,5-10H2,1-4H3. The molecule has 0 spiro atoms. The Bertz CT molecular complexity index is 435. The summed E-state index contributed by atoms with van der Waals surface area (Å²) in [4.78, 5) is 10.5. The number of likely N-dealkylation sites (tertiary alicyclic amines) is 1. The summed E-state index contributed by atoms with van der Waals surface area (Å²) in [6, 6.07) is 0.633. The van der Waals surface area contributed by atoms with Crippen molar-refractivity contribution in [1.29, 1.82) is 0 Å². The zero-order chi connectivity index (χ0) is 14.7. The van der Waals surface area contributed by atoms with Crippen molar-refractivity contribution in [3.05, 3.63) is 10.6 Å². The van der Waals surface area contributed by atoms with Gasteiger partial charge in [0.1, 0.15) is 0 Å². The molecule has 0 bridgehead atoms. The normalized spacial score (nSPS) is 21.4. The monoisotopic (exact) mass is 297 g/mol. The summed E-state index contributed by atoms with van der Waals surface area (Å²) in [5.41, 5.74) is 1.08. The molecular weight excluding hydrogens is 270 g/mol. The third kappa shape index (κ3) is 3.32. The van der Waals surface area contributed by atoms with Gasteiger partial charge in [-0.15, -0.1) is 0 Å². The van der Waals surface area contributed by atoms with Crippen molar-refractivity contribution in [1.82, 2.24) is 9.88 Å². The van der Waals surface area contributed by atoms with E-state index in [2.05, 4.69) is 37.7 Å². The van der Waals surface area contributed by atoms with Gasteiger partial charge in [0, 0.05) is 19.6 Å². The van der Waals surface area contributed by atoms with Crippen LogP contribution in [0.4, 0.5) is 5.13 Å². The number of likely N-dealkylation sites (N-methyl/N-ethyl adjacent to an activating group) is 2. The Morgan fingerprint density at radius 2 is 2.30 bits per heavy atom. The van der Waals surface area contributed by atoms with E-state index in [0.717, 1.165) is 28.7 Å². The fourth-order valence-electron chi connectivity index (χ4n) is 2.81. The minimum absolute atomic E-state index is 0.106. The highest BCUT2D eigenvalue weighted by atomic mass is 32.1. The van der Waals surface area contributed by atoms with Crippen LogP contribution in [0, 0.1) is 0 Å². The molecular formula is C15H27N3OS. The highest BCUT2D eigenvalue weighted by Gasteiger charge is 2.24. The van der Waals surface area contributed by atoms with E-state index >= 15 is 0 Å². The number of hydrogen-bond donors (Lipinski definition) is 1. The van der Waals surface area contributed by atoms with E-state index in [0.29, 0.717) is 12.0 Å². The third-order valence-electron chi connectivity index (χ3n) is 4.42. The minimum atomic E-state index is 0.106. The first-order chi connectivity index (χ1) is 9.56. The summed E-state index contributed by atoms with van der Waals surface area (Å²) < 4.78 is 0. The number of anilines is 1. The molecule has 5 heteroatoms. The molecule has 0 aromatic carbocycles. The quantitative estimate of drug-likeness (QED) is 0.876. The van der Waals surface area contributed by atoms with E-state index in [-0.39, 0.29) is 6.61 Å². The number of aromatic nitrogens is 1. The number of aliphatic hydroxyl groups excluding tert-OH is 1. The van der Waals surface area contributed by atoms with Crippen LogP contribution in [0.3, 0.4) is 0 Å². The first kappa shape index (κ1) is 15.7. The van der Waals surface area contributed by atoms with E-state index in [1.165, 1.54) is 19.4 Å². The molecule has 2 atom stereocenters. The molecule has 2 rings (SSSR count). The first-order valence-electron chi connectivity index (χ1n) is 7.58. The van der Waals surface area contributed by atoms with Crippen LogP contribution < -0.4 is 4.90 Å². The molecule has 2 heterocycles. The summed E-state index contributed by atoms with van der Waals surface area (Å²) in [5, 5.41) is 10.6. The minimum Gasteiger partial charge on any atom is -0.391 e. The van der Waals surface area contributed by atoms with Crippen LogP contribution in [0.2, 0.25) is 0 Å². The van der Waals surface area contributed by atoms with Crippen molar-refractivity contribution in [2.24, 2.45) is 0 Å². The van der Waals surface area contributed by atoms with Crippen LogP contribution in [-0.4, -0.2) is 48.2 Å². The van der Waals surface area contributed by atoms with Crippen LogP contribution in [0.25, 0.3) is 0 Å². The summed E-state index contributed by atoms with van der Waals surface area (Å²) in [5.74, 6) is 0.421. The van der Waals surface area contributed by atoms with Gasteiger partial charge in [-0.2, -0.15) is 0 Å². The molecule has 1 aromatic heterocycles. The third-order valence-corrected chi connectivity index (χ3v) is 5.59. The summed E-state index contributed by atoms with van der Waals surface area (Å²) in [7, 11) is 4.32. The van der Waals surface area contributed by atoms with Crippen molar-refractivity contribution in [2.45, 2.75) is 51.7 Å². The maximum Gasteiger partial charge on any atom is 0.185 e. The number of rotatable bonds is 6. The van der Waals surface area contributed by atoms with E-state index in [1.807, 2.05) is 0 Å². The van der Waals surface area contributed by atoms with Gasteiger partial charge in [0.15, 0.2) is 5.13 Å². The van der Waals surface area contributed by atoms with Crippen LogP contribution >= 0.6 is 11.3 Å². The molecule has 1 aliphatic heterocycles. The second-order valence-corrected chi connectivity index (χ2v) is 6.99. The van der Waals surface area contributed by atoms with Crippen LogP contribution in [0.15, 0.2) is 0 Å². The van der Waals surface area contributed by atoms with E-state index in [4.69, 9.17) is 4.98 Å². The topological polar surface area (TPSA) is 39.6 Å². The Hall–Kier alpha value is -0.650. The van der Waals surface area contributed by atoms with Gasteiger partial charge in [0.25, 0.3) is 0 Å². The van der Waals surface area contributed by atoms with E-state index < -0.39 is 0 Å². The first-order valence-corrected chi connectivity index (χ1v) is 8.40. The molecule has 1 N–H and O–H groups in total. The number of hydrogen-bond acceptors (Lipinski definition) is 5. The largest absolute Gasteiger partial charge is 0.391 e. The van der Waals surface area contributed by atoms with Crippen molar-refractivity contribution < 1.29 is 5.11 Å². The van der Waals surface area contributed by atoms with Gasteiger partial charge in [-0.1, -0.05) is 25.2 Å². The SMILES string of the molecule is CCC(C)c1nc(N(C)CC2CCCN2C)sc1CO. The highest BCUT2D eigenvalue weighted by Crippen LogP contribution is 2.32. The molecule has 114 valence electrons. The van der Waals surface area contributed by atoms with Crippen LogP contribution in [-0.2, 0) is 6.61 Å². The maximum atomic E-state index is 9.53. The molecule has 1 aromatic rings. The summed E-state index contributed by atoms with van der Waals surface area (Å²) >= 11 is 1.64. The van der Waals surface area contributed by atoms with Crippen molar-refractivity contribution in [3.63, 3.8) is 0 Å². The summed E-state index contributed by atoms with van der Waals surface area (Å²) in [6.45, 7) is 6.69. The predicted molar refractivity (Wildman–Crippen MR) is 85.7 cm³/mol. The zero-order valence-corrected chi connectivity index (χ0v) is 13.9. The van der Waals surface area contributed by atoms with Gasteiger partial charge in [-0.25, -0.2) is 4.98 Å². The van der Waals surface area contributed by atoms with Crippen molar-refractivity contribution in [3.8, 4) is 0 Å². The van der Waals surface area contributed by atoms with E-state index in [9.17, 15) is 5.11 Å². The lowest BCUT2D eigenvalue weighted by Crippen LogP contribution is -2.36. The fraction of sp³-hybridized carbons (Fsp3) is 0.800. The zero-order valence-electron chi connectivity index (χ0n) is 13.1. The molecule has 1 saturated heterocycles. The van der Waals surface area contributed by atoms with Gasteiger partial charge in [0.2, 0.25) is 0 Å². The average molecular weight is 297 g/mol. The van der Waals surface area contributed by atoms with Crippen LogP contribution in [0.1, 0.15) is 49.6 Å². The number of thiazole rings is 1. The van der Waals surface area contributed by atoms with Crippen molar-refractivity contribution in [2.75, 3.05) is 32.1 Å². The Morgan fingerprint density at radius 1 is 1.55 bits per heavy atom. The fourth-order valence-corrected chi connectivity index (χ4v) is 3.82. The lowest BCUT2D eigenvalue weighted by molar-refractivity contribution is 0.283. The molecule has 0 saturated carbocycles. The van der Waals surface area contributed by atoms with Gasteiger partial charge < -0.3 is 14.9 Å². The second kappa shape index (κ2) is 6.87. The summed E-state index contributed by atoms with van der Waals surface area (Å²) in [6.07, 6.45) is 3.63. The lowest BCUT2D eigenvalue weighted by atomic mass is 10.0. The second-order valence-electron chi connectivity index (χ2n) is 5.93. The molecule has 4 nitrogen and oxygen atoms in total. The van der Waals surface area contributed by atoms with Crippen molar-refractivity contribution >= 4 is 16.5 Å². The number of nitrogens with zero attached hydrogens (tertiary/aromatic N) is 3. The molecule has 1 aliphatic rings. The molecule has 1 fully saturated rings. The molecule has 20 heavy (non-hydrogen) atoms. The Balaban J connectivity index is 2.09. The predicted octanol–water partition coefficient (Wildman–Crippen LogP) is 2.68. The number of aliphatic hydroxyl groups is 1. The molecule has 0 radical (unpaired) electrons. The molecule has 2 unspecified atom stereocenters. The van der Waals surface area contributed by atoms with E-state index in [1.54, 1.807) is 11.3 Å². The Morgan fingerprint density at radius 3 is 2.85 bits per heavy atom. The Labute approximate surface area is 126 Å². The smallest absolute Gasteiger partial charge is 0.185 e. The Kier molecular flexibility index (Phi) is 5.41. The lowest BCUT2D eigenvalue weighted by Gasteiger charge is -2.25. The van der Waals surface area contributed by atoms with Gasteiger partial charge >= 0.3 is 0 Å². The highest BCUT2D eigenvalue weighted by molar-refractivity contribution is 7.15. The van der Waals surface area contributed by atoms with Crippen LogP contribution in [0.5, 0.6) is 0 Å². The average Bonchev–Trinajstić information content (AvgIpc) is 3.04. The molecule has 0 amide bonds.